The molecule has 1 rings (SSSR count). The Morgan fingerprint density at radius 1 is 0.909 bits per heavy atom. The first kappa shape index (κ1) is 18.7. The van der Waals surface area contributed by atoms with Crippen molar-refractivity contribution in [3.8, 4) is 0 Å². The zero-order valence-electron chi connectivity index (χ0n) is 13.9. The van der Waals surface area contributed by atoms with Crippen LogP contribution in [0.25, 0.3) is 0 Å². The minimum Gasteiger partial charge on any atom is -0.463 e. The number of carbonyl (C=O) groups excluding carboxylic acids is 1. The molecular formula is C19H30O3. The van der Waals surface area contributed by atoms with Gasteiger partial charge in [-0.2, -0.15) is 0 Å². The molecule has 124 valence electrons. The van der Waals surface area contributed by atoms with Gasteiger partial charge in [0.1, 0.15) is 6.61 Å². The summed E-state index contributed by atoms with van der Waals surface area (Å²) in [5.74, 6) is -0.100. The highest BCUT2D eigenvalue weighted by molar-refractivity contribution is 5.69. The van der Waals surface area contributed by atoms with E-state index < -0.39 is 0 Å². The van der Waals surface area contributed by atoms with Gasteiger partial charge in [0.05, 0.1) is 13.2 Å². The predicted octanol–water partition coefficient (Wildman–Crippen LogP) is 4.89. The number of rotatable bonds is 13. The lowest BCUT2D eigenvalue weighted by molar-refractivity contribution is -0.145. The Morgan fingerprint density at radius 3 is 2.32 bits per heavy atom. The Labute approximate surface area is 135 Å². The lowest BCUT2D eigenvalue weighted by atomic mass is 10.1. The van der Waals surface area contributed by atoms with Crippen LogP contribution >= 0.6 is 0 Å². The molecule has 0 atom stereocenters. The van der Waals surface area contributed by atoms with Crippen molar-refractivity contribution in [3.05, 3.63) is 35.9 Å². The summed E-state index contributed by atoms with van der Waals surface area (Å²) in [6, 6.07) is 10.00. The molecule has 0 amide bonds. The average Bonchev–Trinajstić information content (AvgIpc) is 2.54. The van der Waals surface area contributed by atoms with Crippen molar-refractivity contribution in [2.45, 2.75) is 64.9 Å². The highest BCUT2D eigenvalue weighted by Gasteiger charge is 2.02. The number of esters is 1. The third kappa shape index (κ3) is 10.4. The molecule has 1 aromatic carbocycles. The molecule has 0 aliphatic heterocycles. The highest BCUT2D eigenvalue weighted by Crippen LogP contribution is 2.08. The summed E-state index contributed by atoms with van der Waals surface area (Å²) in [6.45, 7) is 3.59. The summed E-state index contributed by atoms with van der Waals surface area (Å²) < 4.78 is 10.6. The van der Waals surface area contributed by atoms with Gasteiger partial charge in [0.25, 0.3) is 0 Å². The van der Waals surface area contributed by atoms with Crippen LogP contribution in [-0.4, -0.2) is 19.2 Å². The van der Waals surface area contributed by atoms with Gasteiger partial charge in [0.15, 0.2) is 0 Å². The molecule has 22 heavy (non-hydrogen) atoms. The smallest absolute Gasteiger partial charge is 0.305 e. The third-order valence-electron chi connectivity index (χ3n) is 3.59. The molecule has 3 nitrogen and oxygen atoms in total. The van der Waals surface area contributed by atoms with Gasteiger partial charge in [-0.25, -0.2) is 0 Å². The molecule has 3 heteroatoms. The molecule has 0 aliphatic carbocycles. The van der Waals surface area contributed by atoms with E-state index in [2.05, 4.69) is 6.92 Å². The number of ether oxygens (including phenoxy) is 2. The van der Waals surface area contributed by atoms with E-state index in [4.69, 9.17) is 9.47 Å². The van der Waals surface area contributed by atoms with Crippen molar-refractivity contribution in [2.24, 2.45) is 0 Å². The minimum absolute atomic E-state index is 0.100. The Morgan fingerprint density at radius 2 is 1.59 bits per heavy atom. The van der Waals surface area contributed by atoms with Gasteiger partial charge in [0.2, 0.25) is 0 Å². The van der Waals surface area contributed by atoms with Crippen LogP contribution in [0.5, 0.6) is 0 Å². The number of unbranched alkanes of at least 4 members (excludes halogenated alkanes) is 6. The second-order valence-corrected chi connectivity index (χ2v) is 5.63. The normalized spacial score (nSPS) is 10.6. The maximum absolute atomic E-state index is 11.5. The van der Waals surface area contributed by atoms with Gasteiger partial charge in [-0.3, -0.25) is 4.79 Å². The maximum Gasteiger partial charge on any atom is 0.305 e. The summed E-state index contributed by atoms with van der Waals surface area (Å²) >= 11 is 0. The Kier molecular flexibility index (Phi) is 11.3. The van der Waals surface area contributed by atoms with Gasteiger partial charge in [-0.1, -0.05) is 75.8 Å². The van der Waals surface area contributed by atoms with Gasteiger partial charge < -0.3 is 9.47 Å². The van der Waals surface area contributed by atoms with E-state index in [1.165, 1.54) is 32.1 Å². The summed E-state index contributed by atoms with van der Waals surface area (Å²) in [6.07, 6.45) is 9.04. The fraction of sp³-hybridized carbons (Fsp3) is 0.632. The van der Waals surface area contributed by atoms with E-state index in [1.807, 2.05) is 30.3 Å². The van der Waals surface area contributed by atoms with E-state index in [9.17, 15) is 4.79 Å². The molecule has 0 aromatic heterocycles. The van der Waals surface area contributed by atoms with Crippen LogP contribution in [0.2, 0.25) is 0 Å². The van der Waals surface area contributed by atoms with E-state index in [1.54, 1.807) is 0 Å². The van der Waals surface area contributed by atoms with Crippen molar-refractivity contribution in [3.63, 3.8) is 0 Å². The average molecular weight is 306 g/mol. The van der Waals surface area contributed by atoms with Crippen molar-refractivity contribution in [2.75, 3.05) is 13.2 Å². The molecule has 0 fully saturated rings. The van der Waals surface area contributed by atoms with Crippen molar-refractivity contribution < 1.29 is 14.3 Å². The van der Waals surface area contributed by atoms with Gasteiger partial charge >= 0.3 is 5.97 Å². The molecule has 0 spiro atoms. The molecule has 0 saturated heterocycles. The first-order valence-corrected chi connectivity index (χ1v) is 8.60. The lowest BCUT2D eigenvalue weighted by Gasteiger charge is -2.06. The zero-order valence-corrected chi connectivity index (χ0v) is 13.9. The molecule has 0 aliphatic rings. The Balaban J connectivity index is 1.87. The van der Waals surface area contributed by atoms with Crippen molar-refractivity contribution in [1.29, 1.82) is 0 Å². The van der Waals surface area contributed by atoms with Crippen molar-refractivity contribution in [1.82, 2.24) is 0 Å². The van der Waals surface area contributed by atoms with E-state index in [0.717, 1.165) is 18.4 Å². The molecule has 0 radical (unpaired) electrons. The van der Waals surface area contributed by atoms with Crippen molar-refractivity contribution >= 4 is 5.97 Å². The van der Waals surface area contributed by atoms with Gasteiger partial charge in [-0.15, -0.1) is 0 Å². The second kappa shape index (κ2) is 13.3. The van der Waals surface area contributed by atoms with Gasteiger partial charge in [-0.05, 0) is 12.0 Å². The molecule has 1 aromatic rings. The number of hydrogen-bond acceptors (Lipinski definition) is 3. The molecule has 0 unspecified atom stereocenters. The third-order valence-corrected chi connectivity index (χ3v) is 3.59. The molecular weight excluding hydrogens is 276 g/mol. The fourth-order valence-corrected chi connectivity index (χ4v) is 2.28. The molecule has 0 heterocycles. The van der Waals surface area contributed by atoms with Crippen LogP contribution in [0.15, 0.2) is 30.3 Å². The topological polar surface area (TPSA) is 35.5 Å². The minimum atomic E-state index is -0.100. The SMILES string of the molecule is CCCCCCCCCC(=O)OCCOCc1ccccc1. The number of hydrogen-bond donors (Lipinski definition) is 0. The first-order valence-electron chi connectivity index (χ1n) is 8.60. The second-order valence-electron chi connectivity index (χ2n) is 5.63. The van der Waals surface area contributed by atoms with Crippen LogP contribution in [0.4, 0.5) is 0 Å². The van der Waals surface area contributed by atoms with Gasteiger partial charge in [0, 0.05) is 6.42 Å². The summed E-state index contributed by atoms with van der Waals surface area (Å²) in [4.78, 5) is 11.5. The van der Waals surface area contributed by atoms with E-state index in [-0.39, 0.29) is 5.97 Å². The van der Waals surface area contributed by atoms with Crippen LogP contribution in [0.1, 0.15) is 63.9 Å². The lowest BCUT2D eigenvalue weighted by Crippen LogP contribution is -2.10. The predicted molar refractivity (Wildman–Crippen MR) is 89.7 cm³/mol. The van der Waals surface area contributed by atoms with E-state index >= 15 is 0 Å². The van der Waals surface area contributed by atoms with E-state index in [0.29, 0.717) is 26.2 Å². The number of carbonyl (C=O) groups is 1. The highest BCUT2D eigenvalue weighted by atomic mass is 16.6. The molecule has 0 N–H and O–H groups in total. The largest absolute Gasteiger partial charge is 0.463 e. The summed E-state index contributed by atoms with van der Waals surface area (Å²) in [5, 5.41) is 0. The standard InChI is InChI=1S/C19H30O3/c1-2-3-4-5-6-7-11-14-19(20)22-16-15-21-17-18-12-9-8-10-13-18/h8-10,12-13H,2-7,11,14-17H2,1H3. The van der Waals surface area contributed by atoms with Crippen LogP contribution < -0.4 is 0 Å². The van der Waals surface area contributed by atoms with Crippen LogP contribution in [0, 0.1) is 0 Å². The summed E-state index contributed by atoms with van der Waals surface area (Å²) in [5.41, 5.74) is 1.14. The molecule has 0 bridgehead atoms. The maximum atomic E-state index is 11.5. The fourth-order valence-electron chi connectivity index (χ4n) is 2.28. The van der Waals surface area contributed by atoms with Crippen LogP contribution in [-0.2, 0) is 20.9 Å². The quantitative estimate of drug-likeness (QED) is 0.384. The number of benzene rings is 1. The Bertz CT molecular complexity index is 376. The van der Waals surface area contributed by atoms with Crippen LogP contribution in [0.3, 0.4) is 0 Å². The molecule has 0 saturated carbocycles. The monoisotopic (exact) mass is 306 g/mol. The first-order chi connectivity index (χ1) is 10.8. The summed E-state index contributed by atoms with van der Waals surface area (Å²) in [7, 11) is 0. The Hall–Kier alpha value is -1.35. The zero-order chi connectivity index (χ0) is 15.9.